The number of nitrogens with one attached hydrogen (secondary N) is 1. The maximum absolute atomic E-state index is 4.40. The summed E-state index contributed by atoms with van der Waals surface area (Å²) in [5.41, 5.74) is 3.59. The third-order valence-corrected chi connectivity index (χ3v) is 2.64. The van der Waals surface area contributed by atoms with E-state index in [0.717, 1.165) is 18.8 Å². The van der Waals surface area contributed by atoms with Crippen LogP contribution in [0.25, 0.3) is 0 Å². The van der Waals surface area contributed by atoms with Crippen molar-refractivity contribution in [1.82, 2.24) is 15.1 Å². The van der Waals surface area contributed by atoms with Gasteiger partial charge in [0.05, 0.1) is 5.69 Å². The molecule has 2 rings (SSSR count). The van der Waals surface area contributed by atoms with E-state index in [1.54, 1.807) is 0 Å². The van der Waals surface area contributed by atoms with Crippen molar-refractivity contribution in [3.63, 3.8) is 0 Å². The lowest BCUT2D eigenvalue weighted by molar-refractivity contribution is 0.652. The van der Waals surface area contributed by atoms with E-state index in [4.69, 9.17) is 0 Å². The van der Waals surface area contributed by atoms with Gasteiger partial charge in [0.15, 0.2) is 0 Å². The third kappa shape index (κ3) is 2.70. The molecule has 0 atom stereocenters. The lowest BCUT2D eigenvalue weighted by atomic mass is 10.2. The Bertz CT molecular complexity index is 426. The number of aryl methyl sites for hydroxylation is 2. The second kappa shape index (κ2) is 4.94. The first kappa shape index (κ1) is 10.9. The molecule has 3 heteroatoms. The Morgan fingerprint density at radius 2 is 1.94 bits per heavy atom. The summed E-state index contributed by atoms with van der Waals surface area (Å²) in [6.45, 7) is 3.76. The zero-order chi connectivity index (χ0) is 11.4. The molecule has 84 valence electrons. The van der Waals surface area contributed by atoms with Crippen LogP contribution in [0, 0.1) is 6.92 Å². The Hall–Kier alpha value is -1.61. The third-order valence-electron chi connectivity index (χ3n) is 2.64. The van der Waals surface area contributed by atoms with Gasteiger partial charge in [-0.25, -0.2) is 0 Å². The van der Waals surface area contributed by atoms with E-state index in [9.17, 15) is 0 Å². The van der Waals surface area contributed by atoms with E-state index in [2.05, 4.69) is 47.7 Å². The van der Waals surface area contributed by atoms with Crippen molar-refractivity contribution in [3.05, 3.63) is 53.3 Å². The normalized spacial score (nSPS) is 10.6. The molecule has 0 fully saturated rings. The van der Waals surface area contributed by atoms with Gasteiger partial charge in [0.1, 0.15) is 0 Å². The highest BCUT2D eigenvalue weighted by molar-refractivity contribution is 5.14. The van der Waals surface area contributed by atoms with Gasteiger partial charge in [-0.1, -0.05) is 30.3 Å². The van der Waals surface area contributed by atoms with Crippen molar-refractivity contribution in [1.29, 1.82) is 0 Å². The molecule has 0 unspecified atom stereocenters. The molecule has 0 aliphatic heterocycles. The van der Waals surface area contributed by atoms with Crippen molar-refractivity contribution in [2.24, 2.45) is 7.05 Å². The number of hydrogen-bond acceptors (Lipinski definition) is 2. The van der Waals surface area contributed by atoms with Crippen LogP contribution in [0.5, 0.6) is 0 Å². The van der Waals surface area contributed by atoms with Crippen LogP contribution in [-0.2, 0) is 20.1 Å². The maximum Gasteiger partial charge on any atom is 0.0765 e. The van der Waals surface area contributed by atoms with E-state index in [0.29, 0.717) is 0 Å². The number of nitrogens with zero attached hydrogens (tertiary/aromatic N) is 2. The van der Waals surface area contributed by atoms with Crippen molar-refractivity contribution >= 4 is 0 Å². The summed E-state index contributed by atoms with van der Waals surface area (Å²) in [6, 6.07) is 12.5. The van der Waals surface area contributed by atoms with E-state index < -0.39 is 0 Å². The van der Waals surface area contributed by atoms with Crippen LogP contribution in [0.1, 0.15) is 17.0 Å². The van der Waals surface area contributed by atoms with E-state index >= 15 is 0 Å². The van der Waals surface area contributed by atoms with Crippen molar-refractivity contribution in [3.8, 4) is 0 Å². The number of aromatic nitrogens is 2. The lowest BCUT2D eigenvalue weighted by Gasteiger charge is -2.02. The monoisotopic (exact) mass is 215 g/mol. The maximum atomic E-state index is 4.40. The van der Waals surface area contributed by atoms with Gasteiger partial charge < -0.3 is 5.32 Å². The summed E-state index contributed by atoms with van der Waals surface area (Å²) >= 11 is 0. The van der Waals surface area contributed by atoms with E-state index in [-0.39, 0.29) is 0 Å². The highest BCUT2D eigenvalue weighted by atomic mass is 15.3. The van der Waals surface area contributed by atoms with Crippen LogP contribution in [-0.4, -0.2) is 9.78 Å². The second-order valence-electron chi connectivity index (χ2n) is 3.99. The highest BCUT2D eigenvalue weighted by Crippen LogP contribution is 2.02. The molecule has 0 spiro atoms. The van der Waals surface area contributed by atoms with Gasteiger partial charge in [-0.05, 0) is 18.6 Å². The molecule has 0 aliphatic carbocycles. The van der Waals surface area contributed by atoms with Crippen molar-refractivity contribution in [2.75, 3.05) is 0 Å². The predicted octanol–water partition coefficient (Wildman–Crippen LogP) is 2.02. The average Bonchev–Trinajstić information content (AvgIpc) is 2.60. The van der Waals surface area contributed by atoms with Crippen LogP contribution in [0.15, 0.2) is 36.4 Å². The van der Waals surface area contributed by atoms with Crippen LogP contribution in [0.4, 0.5) is 0 Å². The summed E-state index contributed by atoms with van der Waals surface area (Å²) in [5.74, 6) is 0. The average molecular weight is 215 g/mol. The molecule has 16 heavy (non-hydrogen) atoms. The number of rotatable bonds is 4. The first-order valence-electron chi connectivity index (χ1n) is 5.50. The fraction of sp³-hybridized carbons (Fsp3) is 0.308. The largest absolute Gasteiger partial charge is 0.307 e. The van der Waals surface area contributed by atoms with Crippen LogP contribution >= 0.6 is 0 Å². The van der Waals surface area contributed by atoms with Gasteiger partial charge in [0, 0.05) is 25.8 Å². The van der Waals surface area contributed by atoms with E-state index in [1.165, 1.54) is 11.3 Å². The first-order valence-corrected chi connectivity index (χ1v) is 5.50. The Labute approximate surface area is 96.1 Å². The van der Waals surface area contributed by atoms with Crippen LogP contribution in [0.2, 0.25) is 0 Å². The van der Waals surface area contributed by atoms with Gasteiger partial charge in [0.25, 0.3) is 0 Å². The minimum atomic E-state index is 0.816. The zero-order valence-electron chi connectivity index (χ0n) is 9.77. The molecule has 1 aromatic carbocycles. The molecular formula is C13H17N3. The van der Waals surface area contributed by atoms with Gasteiger partial charge in [-0.2, -0.15) is 5.10 Å². The summed E-state index contributed by atoms with van der Waals surface area (Å²) in [4.78, 5) is 0. The summed E-state index contributed by atoms with van der Waals surface area (Å²) in [7, 11) is 1.97. The molecule has 0 radical (unpaired) electrons. The fourth-order valence-electron chi connectivity index (χ4n) is 1.65. The summed E-state index contributed by atoms with van der Waals surface area (Å²) in [5, 5.41) is 7.78. The Morgan fingerprint density at radius 1 is 1.19 bits per heavy atom. The van der Waals surface area contributed by atoms with Gasteiger partial charge >= 0.3 is 0 Å². The summed E-state index contributed by atoms with van der Waals surface area (Å²) in [6.07, 6.45) is 0. The molecule has 1 heterocycles. The topological polar surface area (TPSA) is 29.9 Å². The Morgan fingerprint density at radius 3 is 2.56 bits per heavy atom. The zero-order valence-corrected chi connectivity index (χ0v) is 9.77. The van der Waals surface area contributed by atoms with Crippen LogP contribution < -0.4 is 5.32 Å². The van der Waals surface area contributed by atoms with Gasteiger partial charge in [-0.15, -0.1) is 0 Å². The molecule has 0 saturated carbocycles. The molecule has 1 N–H and O–H groups in total. The number of hydrogen-bond donors (Lipinski definition) is 1. The lowest BCUT2D eigenvalue weighted by Crippen LogP contribution is -2.13. The molecule has 0 aliphatic rings. The molecule has 0 amide bonds. The molecule has 0 bridgehead atoms. The molecular weight excluding hydrogens is 198 g/mol. The minimum Gasteiger partial charge on any atom is -0.307 e. The standard InChI is InChI=1S/C13H17N3/c1-11-8-13(15-16(11)2)10-14-9-12-6-4-3-5-7-12/h3-8,14H,9-10H2,1-2H3. The molecule has 3 nitrogen and oxygen atoms in total. The van der Waals surface area contributed by atoms with Crippen LogP contribution in [0.3, 0.4) is 0 Å². The minimum absolute atomic E-state index is 0.816. The van der Waals surface area contributed by atoms with Crippen molar-refractivity contribution < 1.29 is 0 Å². The Balaban J connectivity index is 1.84. The first-order chi connectivity index (χ1) is 7.75. The fourth-order valence-corrected chi connectivity index (χ4v) is 1.65. The summed E-state index contributed by atoms with van der Waals surface area (Å²) < 4.78 is 1.90. The smallest absolute Gasteiger partial charge is 0.0765 e. The SMILES string of the molecule is Cc1cc(CNCc2ccccc2)nn1C. The molecule has 2 aromatic rings. The van der Waals surface area contributed by atoms with Gasteiger partial charge in [0.2, 0.25) is 0 Å². The van der Waals surface area contributed by atoms with Gasteiger partial charge in [-0.3, -0.25) is 4.68 Å². The quantitative estimate of drug-likeness (QED) is 0.845. The van der Waals surface area contributed by atoms with Crippen molar-refractivity contribution in [2.45, 2.75) is 20.0 Å². The second-order valence-corrected chi connectivity index (χ2v) is 3.99. The molecule has 1 aromatic heterocycles. The molecule has 0 saturated heterocycles. The highest BCUT2D eigenvalue weighted by Gasteiger charge is 2.00. The predicted molar refractivity (Wildman–Crippen MR) is 64.9 cm³/mol. The van der Waals surface area contributed by atoms with E-state index in [1.807, 2.05) is 17.8 Å². The Kier molecular flexibility index (Phi) is 3.37. The number of benzene rings is 1.